The van der Waals surface area contributed by atoms with E-state index in [1.807, 2.05) is 35.0 Å². The summed E-state index contributed by atoms with van der Waals surface area (Å²) in [4.78, 5) is 4.59. The molecular formula is C22H21N3OS. The van der Waals surface area contributed by atoms with Crippen LogP contribution in [-0.4, -0.2) is 21.7 Å². The van der Waals surface area contributed by atoms with E-state index >= 15 is 0 Å². The summed E-state index contributed by atoms with van der Waals surface area (Å²) in [6, 6.07) is 16.6. The minimum atomic E-state index is 0.826. The van der Waals surface area contributed by atoms with Crippen LogP contribution in [-0.2, 0) is 5.75 Å². The van der Waals surface area contributed by atoms with Gasteiger partial charge in [-0.25, -0.2) is 9.50 Å². The number of hydrogen-bond donors (Lipinski definition) is 0. The second-order valence-corrected chi connectivity index (χ2v) is 7.51. The first-order valence-corrected chi connectivity index (χ1v) is 9.80. The monoisotopic (exact) mass is 375 g/mol. The van der Waals surface area contributed by atoms with Crippen LogP contribution in [0.5, 0.6) is 5.75 Å². The number of benzene rings is 2. The highest BCUT2D eigenvalue weighted by Crippen LogP contribution is 2.30. The van der Waals surface area contributed by atoms with Gasteiger partial charge in [-0.2, -0.15) is 5.10 Å². The summed E-state index contributed by atoms with van der Waals surface area (Å²) in [5.74, 6) is 1.71. The zero-order chi connectivity index (χ0) is 18.8. The van der Waals surface area contributed by atoms with E-state index in [0.29, 0.717) is 0 Å². The van der Waals surface area contributed by atoms with Crippen LogP contribution in [0.2, 0.25) is 0 Å². The molecule has 2 aromatic carbocycles. The van der Waals surface area contributed by atoms with Crippen LogP contribution in [0.4, 0.5) is 0 Å². The van der Waals surface area contributed by atoms with Crippen molar-refractivity contribution in [3.8, 4) is 17.0 Å². The number of rotatable bonds is 5. The van der Waals surface area contributed by atoms with Gasteiger partial charge in [0.25, 0.3) is 0 Å². The molecule has 0 spiro atoms. The van der Waals surface area contributed by atoms with Gasteiger partial charge >= 0.3 is 0 Å². The predicted molar refractivity (Wildman–Crippen MR) is 110 cm³/mol. The van der Waals surface area contributed by atoms with E-state index in [1.165, 1.54) is 16.7 Å². The summed E-state index contributed by atoms with van der Waals surface area (Å²) in [6.45, 7) is 4.28. The third kappa shape index (κ3) is 3.69. The molecule has 0 fully saturated rings. The molecule has 5 heteroatoms. The number of thioether (sulfide) groups is 1. The Morgan fingerprint density at radius 3 is 2.81 bits per heavy atom. The molecule has 0 N–H and O–H groups in total. The Labute approximate surface area is 163 Å². The van der Waals surface area contributed by atoms with E-state index in [9.17, 15) is 0 Å². The Bertz CT molecular complexity index is 1100. The van der Waals surface area contributed by atoms with Gasteiger partial charge in [0.15, 0.2) is 0 Å². The number of hydrogen-bond acceptors (Lipinski definition) is 4. The van der Waals surface area contributed by atoms with Crippen LogP contribution in [0.1, 0.15) is 16.7 Å². The average Bonchev–Trinajstić information content (AvgIpc) is 3.14. The van der Waals surface area contributed by atoms with Gasteiger partial charge in [-0.15, -0.1) is 0 Å². The van der Waals surface area contributed by atoms with Gasteiger partial charge in [-0.1, -0.05) is 47.7 Å². The van der Waals surface area contributed by atoms with E-state index < -0.39 is 0 Å². The van der Waals surface area contributed by atoms with Crippen LogP contribution in [0.15, 0.2) is 66.0 Å². The normalized spacial score (nSPS) is 11.1. The fourth-order valence-electron chi connectivity index (χ4n) is 3.03. The number of nitrogens with zero attached hydrogens (tertiary/aromatic N) is 3. The molecule has 0 aliphatic heterocycles. The molecule has 0 aliphatic rings. The van der Waals surface area contributed by atoms with Gasteiger partial charge in [0, 0.05) is 23.7 Å². The first kappa shape index (κ1) is 17.6. The van der Waals surface area contributed by atoms with Crippen molar-refractivity contribution in [2.24, 2.45) is 0 Å². The number of aryl methyl sites for hydroxylation is 2. The molecule has 0 atom stereocenters. The van der Waals surface area contributed by atoms with Gasteiger partial charge in [0.1, 0.15) is 10.8 Å². The maximum Gasteiger partial charge on any atom is 0.122 e. The average molecular weight is 375 g/mol. The molecule has 2 aromatic heterocycles. The Kier molecular flexibility index (Phi) is 4.86. The van der Waals surface area contributed by atoms with Crippen LogP contribution < -0.4 is 4.74 Å². The molecule has 4 nitrogen and oxygen atoms in total. The molecule has 0 aliphatic carbocycles. The lowest BCUT2D eigenvalue weighted by Crippen LogP contribution is -1.93. The molecule has 0 saturated carbocycles. The van der Waals surface area contributed by atoms with E-state index in [1.54, 1.807) is 25.1 Å². The lowest BCUT2D eigenvalue weighted by molar-refractivity contribution is 0.415. The molecule has 0 amide bonds. The highest BCUT2D eigenvalue weighted by Gasteiger charge is 2.11. The topological polar surface area (TPSA) is 39.4 Å². The third-order valence-corrected chi connectivity index (χ3v) is 5.63. The zero-order valence-electron chi connectivity index (χ0n) is 15.6. The first-order valence-electron chi connectivity index (χ1n) is 8.82. The summed E-state index contributed by atoms with van der Waals surface area (Å²) in [6.07, 6.45) is 3.70. The molecule has 4 rings (SSSR count). The third-order valence-electron chi connectivity index (χ3n) is 4.59. The van der Waals surface area contributed by atoms with Crippen LogP contribution in [0.3, 0.4) is 0 Å². The highest BCUT2D eigenvalue weighted by molar-refractivity contribution is 7.98. The maximum absolute atomic E-state index is 5.33. The van der Waals surface area contributed by atoms with Crippen molar-refractivity contribution in [1.82, 2.24) is 14.6 Å². The maximum atomic E-state index is 5.33. The Balaban J connectivity index is 1.66. The quantitative estimate of drug-likeness (QED) is 0.443. The van der Waals surface area contributed by atoms with E-state index in [4.69, 9.17) is 9.84 Å². The largest absolute Gasteiger partial charge is 0.497 e. The number of fused-ring (bicyclic) bond motifs is 1. The lowest BCUT2D eigenvalue weighted by Gasteiger charge is -2.07. The van der Waals surface area contributed by atoms with Crippen molar-refractivity contribution in [2.45, 2.75) is 24.6 Å². The molecule has 2 heterocycles. The SMILES string of the molecule is COc1cccc(-c2cc3c(SCc4cc(C)ccc4C)nccn3n2)c1. The van der Waals surface area contributed by atoms with Crippen molar-refractivity contribution in [3.05, 3.63) is 77.6 Å². The molecule has 27 heavy (non-hydrogen) atoms. The first-order chi connectivity index (χ1) is 13.1. The standard InChI is InChI=1S/C22H21N3OS/c1-15-7-8-16(2)18(11-15)14-27-22-21-13-20(24-25(21)10-9-23-22)17-5-4-6-19(12-17)26-3/h4-13H,14H2,1-3H3. The Morgan fingerprint density at radius 1 is 1.07 bits per heavy atom. The molecule has 0 unspecified atom stereocenters. The van der Waals surface area contributed by atoms with Crippen molar-refractivity contribution in [2.75, 3.05) is 7.11 Å². The van der Waals surface area contributed by atoms with Crippen molar-refractivity contribution < 1.29 is 4.74 Å². The van der Waals surface area contributed by atoms with Gasteiger partial charge < -0.3 is 4.74 Å². The zero-order valence-corrected chi connectivity index (χ0v) is 16.5. The molecule has 136 valence electrons. The van der Waals surface area contributed by atoms with Crippen LogP contribution in [0.25, 0.3) is 16.8 Å². The molecule has 4 aromatic rings. The summed E-state index contributed by atoms with van der Waals surface area (Å²) in [5.41, 5.74) is 6.90. The molecular weight excluding hydrogens is 354 g/mol. The summed E-state index contributed by atoms with van der Waals surface area (Å²) in [5, 5.41) is 5.70. The summed E-state index contributed by atoms with van der Waals surface area (Å²) in [7, 11) is 1.68. The lowest BCUT2D eigenvalue weighted by atomic mass is 10.1. The van der Waals surface area contributed by atoms with Gasteiger partial charge in [0.05, 0.1) is 18.3 Å². The van der Waals surface area contributed by atoms with Gasteiger partial charge in [-0.05, 0) is 43.2 Å². The predicted octanol–water partition coefficient (Wildman–Crippen LogP) is 5.31. The minimum Gasteiger partial charge on any atom is -0.497 e. The van der Waals surface area contributed by atoms with Crippen LogP contribution >= 0.6 is 11.8 Å². The van der Waals surface area contributed by atoms with Gasteiger partial charge in [-0.3, -0.25) is 0 Å². The van der Waals surface area contributed by atoms with Crippen molar-refractivity contribution >= 4 is 17.3 Å². The number of ether oxygens (including phenoxy) is 1. The molecule has 0 radical (unpaired) electrons. The van der Waals surface area contributed by atoms with E-state index in [2.05, 4.69) is 43.1 Å². The number of methoxy groups -OCH3 is 1. The minimum absolute atomic E-state index is 0.826. The summed E-state index contributed by atoms with van der Waals surface area (Å²) < 4.78 is 7.23. The van der Waals surface area contributed by atoms with Gasteiger partial charge in [0.2, 0.25) is 0 Å². The molecule has 0 saturated heterocycles. The second-order valence-electron chi connectivity index (χ2n) is 6.54. The Morgan fingerprint density at radius 2 is 1.96 bits per heavy atom. The Hall–Kier alpha value is -2.79. The fraction of sp³-hybridized carbons (Fsp3) is 0.182. The van der Waals surface area contributed by atoms with Crippen LogP contribution in [0, 0.1) is 13.8 Å². The van der Waals surface area contributed by atoms with Crippen molar-refractivity contribution in [3.63, 3.8) is 0 Å². The van der Waals surface area contributed by atoms with E-state index in [-0.39, 0.29) is 0 Å². The highest BCUT2D eigenvalue weighted by atomic mass is 32.2. The second kappa shape index (κ2) is 7.45. The van der Waals surface area contributed by atoms with Crippen molar-refractivity contribution in [1.29, 1.82) is 0 Å². The molecule has 0 bridgehead atoms. The number of aromatic nitrogens is 3. The fourth-order valence-corrected chi connectivity index (χ4v) is 4.07. The summed E-state index contributed by atoms with van der Waals surface area (Å²) >= 11 is 1.75. The van der Waals surface area contributed by atoms with E-state index in [0.717, 1.165) is 33.3 Å². The smallest absolute Gasteiger partial charge is 0.122 e.